The number of nitrogens with two attached hydrogens (primary N) is 2. The van der Waals surface area contributed by atoms with E-state index in [-0.39, 0.29) is 17.7 Å². The minimum Gasteiger partial charge on any atom is -0.508 e. The number of allylic oxidation sites excluding steroid dienone is 1. The number of cyclic esters (lactones) is 1. The summed E-state index contributed by atoms with van der Waals surface area (Å²) in [4.78, 5) is 171. The molecule has 23 N–H and O–H groups in total. The minimum absolute atomic E-state index is 0.110. The van der Waals surface area contributed by atoms with E-state index in [1.54, 1.807) is 0 Å². The molecule has 0 spiro atoms. The molecule has 3 aliphatic heterocycles. The van der Waals surface area contributed by atoms with Gasteiger partial charge in [0.2, 0.25) is 53.2 Å². The molecular weight excluding hydrogens is 1420 g/mol. The summed E-state index contributed by atoms with van der Waals surface area (Å²) in [5.41, 5.74) is 10.5. The Morgan fingerprint density at radius 2 is 1.22 bits per heavy atom. The van der Waals surface area contributed by atoms with Crippen molar-refractivity contribution in [1.82, 2.24) is 47.4 Å². The third kappa shape index (κ3) is 27.8. The molecule has 1 aromatic rings. The molecule has 0 saturated carbocycles. The van der Waals surface area contributed by atoms with E-state index < -0.39 is 262 Å². The number of phenolic OH excluding ortho intramolecular Hbond substituents is 1. The van der Waals surface area contributed by atoms with Crippen LogP contribution in [0.1, 0.15) is 144 Å². The molecule has 23 atom stereocenters. The number of rotatable bonds is 31. The summed E-state index contributed by atoms with van der Waals surface area (Å²) in [7, 11) is 0.969. The van der Waals surface area contributed by atoms with Crippen LogP contribution in [0.3, 0.4) is 0 Å². The predicted molar refractivity (Wildman–Crippen MR) is 370 cm³/mol. The summed E-state index contributed by atoms with van der Waals surface area (Å²) >= 11 is 0. The lowest BCUT2D eigenvalue weighted by Crippen LogP contribution is -2.64. The molecule has 0 aromatic heterocycles. The number of amides is 11. The number of aromatic hydroxyl groups is 1. The van der Waals surface area contributed by atoms with Crippen molar-refractivity contribution in [2.24, 2.45) is 11.5 Å². The number of aliphatic hydroxyl groups excluding tert-OH is 10. The molecule has 3 aliphatic rings. The number of hydrogen-bond acceptors (Lipinski definition) is 28. The summed E-state index contributed by atoms with van der Waals surface area (Å²) in [6.45, 7) is 6.73. The van der Waals surface area contributed by atoms with Crippen molar-refractivity contribution in [3.8, 4) is 5.75 Å². The van der Waals surface area contributed by atoms with Crippen LogP contribution in [0, 0.1) is 0 Å². The van der Waals surface area contributed by atoms with Crippen LogP contribution in [0.15, 0.2) is 36.0 Å². The molecule has 3 heterocycles. The Kier molecular flexibility index (Phi) is 37.8. The number of aliphatic hydroxyl groups is 10. The van der Waals surface area contributed by atoms with Gasteiger partial charge in [0, 0.05) is 26.3 Å². The van der Waals surface area contributed by atoms with Crippen molar-refractivity contribution in [3.05, 3.63) is 41.6 Å². The number of hydrogen-bond donors (Lipinski definition) is 21. The summed E-state index contributed by atoms with van der Waals surface area (Å²) in [5, 5.41) is 137. The molecule has 0 aliphatic carbocycles. The molecule has 1 aromatic carbocycles. The smallest absolute Gasteiger partial charge is 0.329 e. The first kappa shape index (κ1) is 91.2. The van der Waals surface area contributed by atoms with Crippen molar-refractivity contribution in [2.75, 3.05) is 20.2 Å². The summed E-state index contributed by atoms with van der Waals surface area (Å²) < 4.78 is 28.7. The van der Waals surface area contributed by atoms with E-state index in [2.05, 4.69) is 49.5 Å². The second kappa shape index (κ2) is 44.3. The largest absolute Gasteiger partial charge is 0.508 e. The second-order valence-corrected chi connectivity index (χ2v) is 26.9. The Balaban J connectivity index is 1.89. The van der Waals surface area contributed by atoms with Gasteiger partial charge in [-0.1, -0.05) is 82.9 Å². The maximum absolute atomic E-state index is 15.1. The molecule has 39 heteroatoms. The summed E-state index contributed by atoms with van der Waals surface area (Å²) in [5.74, 6) is -15.9. The number of phenols is 1. The van der Waals surface area contributed by atoms with E-state index in [0.29, 0.717) is 17.7 Å². The molecule has 4 rings (SSSR count). The van der Waals surface area contributed by atoms with Gasteiger partial charge in [0.05, 0.1) is 43.7 Å². The molecule has 3 saturated heterocycles. The number of primary amides is 2. The van der Waals surface area contributed by atoms with Gasteiger partial charge >= 0.3 is 5.97 Å². The van der Waals surface area contributed by atoms with Gasteiger partial charge in [-0.05, 0) is 78.5 Å². The van der Waals surface area contributed by atoms with E-state index in [0.717, 1.165) is 85.8 Å². The summed E-state index contributed by atoms with van der Waals surface area (Å²) in [6, 6.07) is -9.40. The third-order valence-corrected chi connectivity index (χ3v) is 18.3. The predicted octanol–water partition coefficient (Wildman–Crippen LogP) is -7.26. The van der Waals surface area contributed by atoms with Crippen LogP contribution in [0.2, 0.25) is 0 Å². The zero-order chi connectivity index (χ0) is 80.3. The number of unbranched alkanes of at least 4 members (excludes halogenated alkanes) is 8. The molecule has 3 fully saturated rings. The fourth-order valence-corrected chi connectivity index (χ4v) is 11.8. The van der Waals surface area contributed by atoms with Gasteiger partial charge in [0.25, 0.3) is 11.8 Å². The van der Waals surface area contributed by atoms with Crippen LogP contribution >= 0.6 is 0 Å². The van der Waals surface area contributed by atoms with E-state index >= 15 is 4.79 Å². The fraction of sp³-hybridized carbons (Fsp3) is 0.706. The molecule has 604 valence electrons. The lowest BCUT2D eigenvalue weighted by molar-refractivity contribution is -0.312. The van der Waals surface area contributed by atoms with Gasteiger partial charge in [-0.3, -0.25) is 52.7 Å². The van der Waals surface area contributed by atoms with Gasteiger partial charge in [-0.15, -0.1) is 0 Å². The average Bonchev–Trinajstić information content (AvgIpc) is 0.872. The van der Waals surface area contributed by atoms with Gasteiger partial charge in [0.1, 0.15) is 103 Å². The van der Waals surface area contributed by atoms with E-state index in [1.165, 1.54) is 38.1 Å². The second-order valence-electron chi connectivity index (χ2n) is 26.9. The topological polar surface area (TPSA) is 625 Å². The Labute approximate surface area is 617 Å². The Morgan fingerprint density at radius 3 is 1.79 bits per heavy atom. The Hall–Kier alpha value is -8.16. The van der Waals surface area contributed by atoms with E-state index in [1.807, 2.05) is 0 Å². The van der Waals surface area contributed by atoms with E-state index in [4.69, 9.17) is 35.2 Å². The monoisotopic (exact) mass is 1530 g/mol. The quantitative estimate of drug-likeness (QED) is 0.0187. The van der Waals surface area contributed by atoms with Crippen molar-refractivity contribution in [2.45, 2.75) is 285 Å². The van der Waals surface area contributed by atoms with Crippen molar-refractivity contribution < 1.29 is 137 Å². The number of carbonyl (C=O) groups is 12. The molecule has 107 heavy (non-hydrogen) atoms. The number of carbonyl (C=O) groups excluding carboxylic acids is 12. The maximum Gasteiger partial charge on any atom is 0.329 e. The maximum atomic E-state index is 15.1. The molecule has 0 bridgehead atoms. The van der Waals surface area contributed by atoms with Crippen molar-refractivity contribution in [1.29, 1.82) is 0 Å². The van der Waals surface area contributed by atoms with Crippen LogP contribution in [0.25, 0.3) is 0 Å². The van der Waals surface area contributed by atoms with Gasteiger partial charge < -0.3 is 139 Å². The normalized spacial score (nSPS) is 30.0. The standard InChI is InChI=1S/C68H109N11O28/c1-9-11-12-13-14-15-16-17-18-19-42(106-68-56(92)54(90)51(87)35(7)105-68)53(89)65(101)77-48(32(4)82)62(98)78-49-33(5)103-66(102)40(25-27-45(70)85)74-64(100)50(34(6)104-67-57(93)55(91)52(88)43(30-80)107-67)79(8)46(86)29-71-58(94)39(24-26-44(69)84)73-59(95)38(10-2)72-60(96)41(28-36-20-22-37(83)23-21-36)75-61(97)47(31(3)81)76-63(49)99/h10,20-23,31-35,39-43,47-57,67-68,80-83,87-93H,9,11-19,24-30H2,1-8H3,(H2,69,84)(H2,70,85)(H,71,94)(H,72,96)(H,73,95)(H,74,100)(H,75,97)(H,76,99)(H,77,101)(H,78,98)/b38-10-/t31-,32+,33+,34+,35-,39-,40+,41-,42+,43+,47+,48-,49+,50-,51+,52-,53-,54-,55-,56-,57-,67-,68-/m1/s1. The zero-order valence-electron chi connectivity index (χ0n) is 61.1. The number of esters is 1. The van der Waals surface area contributed by atoms with Gasteiger partial charge in [0.15, 0.2) is 18.7 Å². The zero-order valence-corrected chi connectivity index (χ0v) is 61.1. The average molecular weight is 1530 g/mol. The van der Waals surface area contributed by atoms with Crippen molar-refractivity contribution >= 4 is 70.9 Å². The van der Waals surface area contributed by atoms with E-state index in [9.17, 15) is 109 Å². The number of ether oxygens (including phenoxy) is 5. The molecular formula is C68H109N11O28. The number of nitrogens with one attached hydrogen (secondary N) is 8. The Morgan fingerprint density at radius 1 is 0.664 bits per heavy atom. The lowest BCUT2D eigenvalue weighted by Gasteiger charge is -2.42. The van der Waals surface area contributed by atoms with Crippen LogP contribution in [-0.2, 0) is 87.6 Å². The Bertz CT molecular complexity index is 3170. The molecule has 39 nitrogen and oxygen atoms in total. The fourth-order valence-electron chi connectivity index (χ4n) is 11.8. The van der Waals surface area contributed by atoms with Crippen LogP contribution in [0.4, 0.5) is 0 Å². The highest BCUT2D eigenvalue weighted by Crippen LogP contribution is 2.28. The summed E-state index contributed by atoms with van der Waals surface area (Å²) in [6.07, 6.45) is -24.1. The third-order valence-electron chi connectivity index (χ3n) is 18.3. The van der Waals surface area contributed by atoms with Crippen LogP contribution < -0.4 is 54.0 Å². The van der Waals surface area contributed by atoms with Crippen LogP contribution in [-0.4, -0.2) is 293 Å². The van der Waals surface area contributed by atoms with Crippen LogP contribution in [0.5, 0.6) is 5.75 Å². The molecule has 0 unspecified atom stereocenters. The highest BCUT2D eigenvalue weighted by atomic mass is 16.7. The van der Waals surface area contributed by atoms with Gasteiger partial charge in [-0.25, -0.2) is 4.79 Å². The highest BCUT2D eigenvalue weighted by molar-refractivity contribution is 6.02. The molecule has 0 radical (unpaired) electrons. The SMILES string of the molecule is C/C=C1\NC(=O)[C@@H](Cc2ccc(O)cc2)NC(=O)[C@H]([C@@H](C)O)NC(=O)[C@@H](NC(=O)[C@H](NC(=O)[C@H](O)[C@H](CCCCCCCCCCC)O[C@H]2O[C@H](C)[C@H](O)[C@@H](O)[C@H]2O)[C@H](C)O)[C@H](C)OC(=O)[C@H](CCC(N)=O)NC(=O)[C@@H]([C@H](C)O[C@@H]2O[C@@H](CO)[C@@H](O)[C@@H](O)[C@H]2O)N(C)C(=O)CNC(=O)[C@@H](CCC(N)=O)NC1=O. The lowest BCUT2D eigenvalue weighted by atomic mass is 9.99. The first-order chi connectivity index (χ1) is 50.4. The highest BCUT2D eigenvalue weighted by Gasteiger charge is 2.49. The number of likely N-dealkylation sites (N-methyl/N-ethyl adjacent to an activating group) is 1. The first-order valence-electron chi connectivity index (χ1n) is 35.6. The van der Waals surface area contributed by atoms with Gasteiger partial charge in [-0.2, -0.15) is 0 Å². The van der Waals surface area contributed by atoms with Crippen molar-refractivity contribution in [3.63, 3.8) is 0 Å². The first-order valence-corrected chi connectivity index (χ1v) is 35.6. The molecule has 11 amide bonds. The minimum atomic E-state index is -2.38. The number of benzene rings is 1. The number of nitrogens with zero attached hydrogens (tertiary/aromatic N) is 1.